The summed E-state index contributed by atoms with van der Waals surface area (Å²) in [5, 5.41) is 0. The van der Waals surface area contributed by atoms with Crippen LogP contribution in [0.5, 0.6) is 11.5 Å². The molecule has 3 aromatic rings. The van der Waals surface area contributed by atoms with E-state index in [1.54, 1.807) is 25.6 Å². The quantitative estimate of drug-likeness (QED) is 0.792. The second-order valence-electron chi connectivity index (χ2n) is 4.43. The van der Waals surface area contributed by atoms with Gasteiger partial charge in [0.05, 0.1) is 30.1 Å². The number of benzene rings is 1. The Morgan fingerprint density at radius 1 is 1.15 bits per heavy atom. The molecule has 0 unspecified atom stereocenters. The molecule has 3 rings (SSSR count). The highest BCUT2D eigenvalue weighted by atomic mass is 32.1. The number of hydrogen-bond acceptors (Lipinski definition) is 4. The molecule has 0 saturated carbocycles. The predicted molar refractivity (Wildman–Crippen MR) is 81.9 cm³/mol. The van der Waals surface area contributed by atoms with Crippen LogP contribution in [0.3, 0.4) is 0 Å². The number of fused-ring (bicyclic) bond motifs is 1. The van der Waals surface area contributed by atoms with E-state index >= 15 is 0 Å². The Kier molecular flexibility index (Phi) is 3.36. The van der Waals surface area contributed by atoms with Gasteiger partial charge in [-0.1, -0.05) is 6.92 Å². The second-order valence-corrected chi connectivity index (χ2v) is 5.60. The lowest BCUT2D eigenvalue weighted by Gasteiger charge is -2.06. The highest BCUT2D eigenvalue weighted by Crippen LogP contribution is 2.34. The number of aromatic nitrogens is 2. The van der Waals surface area contributed by atoms with Crippen molar-refractivity contribution < 1.29 is 9.47 Å². The molecular weight excluding hydrogens is 272 g/mol. The van der Waals surface area contributed by atoms with Gasteiger partial charge < -0.3 is 14.5 Å². The molecule has 1 N–H and O–H groups in total. The molecule has 0 atom stereocenters. The fraction of sp³-hybridized carbons (Fsp3) is 0.267. The largest absolute Gasteiger partial charge is 0.493 e. The zero-order valence-electron chi connectivity index (χ0n) is 11.7. The van der Waals surface area contributed by atoms with E-state index in [9.17, 15) is 0 Å². The SMILES string of the molecule is CCc1ccc(-c2nc3cc(OC)c(OC)cc3[nH]2)s1. The number of aromatic amines is 1. The second kappa shape index (κ2) is 5.17. The molecule has 2 heterocycles. The maximum atomic E-state index is 5.31. The number of thiophene rings is 1. The van der Waals surface area contributed by atoms with Crippen molar-refractivity contribution in [1.29, 1.82) is 0 Å². The number of nitrogens with one attached hydrogen (secondary N) is 1. The topological polar surface area (TPSA) is 47.1 Å². The molecule has 0 aliphatic heterocycles. The summed E-state index contributed by atoms with van der Waals surface area (Å²) in [7, 11) is 3.26. The first-order valence-corrected chi connectivity index (χ1v) is 7.27. The van der Waals surface area contributed by atoms with Gasteiger partial charge in [0.2, 0.25) is 0 Å². The number of rotatable bonds is 4. The summed E-state index contributed by atoms with van der Waals surface area (Å²) in [6.45, 7) is 2.16. The van der Waals surface area contributed by atoms with E-state index in [1.165, 1.54) is 4.88 Å². The minimum absolute atomic E-state index is 0.693. The first kappa shape index (κ1) is 13.0. The fourth-order valence-electron chi connectivity index (χ4n) is 2.15. The number of aryl methyl sites for hydroxylation is 1. The minimum atomic E-state index is 0.693. The number of ether oxygens (including phenoxy) is 2. The van der Waals surface area contributed by atoms with Gasteiger partial charge in [0.1, 0.15) is 5.82 Å². The average Bonchev–Trinajstić information content (AvgIpc) is 3.11. The third-order valence-corrected chi connectivity index (χ3v) is 4.47. The van der Waals surface area contributed by atoms with Gasteiger partial charge in [-0.2, -0.15) is 0 Å². The predicted octanol–water partition coefficient (Wildman–Crippen LogP) is 3.87. The van der Waals surface area contributed by atoms with Crippen molar-refractivity contribution >= 4 is 22.4 Å². The van der Waals surface area contributed by atoms with Crippen LogP contribution in [0.2, 0.25) is 0 Å². The molecule has 0 bridgehead atoms. The Morgan fingerprint density at radius 2 is 1.90 bits per heavy atom. The van der Waals surface area contributed by atoms with Crippen molar-refractivity contribution in [3.05, 3.63) is 29.1 Å². The normalized spacial score (nSPS) is 10.9. The van der Waals surface area contributed by atoms with Crippen LogP contribution in [0.25, 0.3) is 21.7 Å². The zero-order valence-corrected chi connectivity index (χ0v) is 12.5. The smallest absolute Gasteiger partial charge is 0.163 e. The lowest BCUT2D eigenvalue weighted by molar-refractivity contribution is 0.356. The van der Waals surface area contributed by atoms with Crippen LogP contribution in [0.1, 0.15) is 11.8 Å². The standard InChI is InChI=1S/C15H16N2O2S/c1-4-9-5-6-14(20-9)15-16-10-7-12(18-2)13(19-3)8-11(10)17-15/h5-8H,4H2,1-3H3,(H,16,17). The molecule has 0 amide bonds. The van der Waals surface area contributed by atoms with Crippen LogP contribution in [0.15, 0.2) is 24.3 Å². The molecule has 0 saturated heterocycles. The molecular formula is C15H16N2O2S. The molecule has 2 aromatic heterocycles. The number of methoxy groups -OCH3 is 2. The molecule has 0 radical (unpaired) electrons. The minimum Gasteiger partial charge on any atom is -0.493 e. The van der Waals surface area contributed by atoms with E-state index in [0.717, 1.165) is 28.2 Å². The van der Waals surface area contributed by atoms with Crippen LogP contribution in [0.4, 0.5) is 0 Å². The first-order chi connectivity index (χ1) is 9.75. The third kappa shape index (κ3) is 2.14. The first-order valence-electron chi connectivity index (χ1n) is 6.46. The van der Waals surface area contributed by atoms with Crippen LogP contribution < -0.4 is 9.47 Å². The van der Waals surface area contributed by atoms with Crippen LogP contribution in [-0.2, 0) is 6.42 Å². The van der Waals surface area contributed by atoms with Gasteiger partial charge >= 0.3 is 0 Å². The van der Waals surface area contributed by atoms with Crippen LogP contribution >= 0.6 is 11.3 Å². The van der Waals surface area contributed by atoms with Gasteiger partial charge in [-0.3, -0.25) is 0 Å². The van der Waals surface area contributed by atoms with Crippen molar-refractivity contribution in [3.8, 4) is 22.2 Å². The van der Waals surface area contributed by atoms with E-state index in [0.29, 0.717) is 11.5 Å². The number of H-pyrrole nitrogens is 1. The Balaban J connectivity index is 2.10. The molecule has 20 heavy (non-hydrogen) atoms. The fourth-order valence-corrected chi connectivity index (χ4v) is 3.04. The monoisotopic (exact) mass is 288 g/mol. The van der Waals surface area contributed by atoms with E-state index < -0.39 is 0 Å². The molecule has 5 heteroatoms. The van der Waals surface area contributed by atoms with Crippen molar-refractivity contribution in [1.82, 2.24) is 9.97 Å². The zero-order chi connectivity index (χ0) is 14.1. The van der Waals surface area contributed by atoms with Crippen molar-refractivity contribution in [2.24, 2.45) is 0 Å². The van der Waals surface area contributed by atoms with Gasteiger partial charge in [-0.15, -0.1) is 11.3 Å². The van der Waals surface area contributed by atoms with E-state index in [4.69, 9.17) is 9.47 Å². The highest BCUT2D eigenvalue weighted by molar-refractivity contribution is 7.15. The molecule has 0 fully saturated rings. The molecule has 0 aliphatic rings. The van der Waals surface area contributed by atoms with Crippen LogP contribution in [0, 0.1) is 0 Å². The van der Waals surface area contributed by atoms with Crippen molar-refractivity contribution in [2.45, 2.75) is 13.3 Å². The van der Waals surface area contributed by atoms with Crippen molar-refractivity contribution in [2.75, 3.05) is 14.2 Å². The van der Waals surface area contributed by atoms with E-state index in [-0.39, 0.29) is 0 Å². The van der Waals surface area contributed by atoms with Crippen molar-refractivity contribution in [3.63, 3.8) is 0 Å². The average molecular weight is 288 g/mol. The molecule has 1 aromatic carbocycles. The number of imidazole rings is 1. The summed E-state index contributed by atoms with van der Waals surface area (Å²) >= 11 is 1.76. The number of hydrogen-bond donors (Lipinski definition) is 1. The lowest BCUT2D eigenvalue weighted by Crippen LogP contribution is -1.89. The highest BCUT2D eigenvalue weighted by Gasteiger charge is 2.12. The summed E-state index contributed by atoms with van der Waals surface area (Å²) < 4.78 is 10.6. The maximum absolute atomic E-state index is 5.31. The maximum Gasteiger partial charge on any atom is 0.163 e. The number of nitrogens with zero attached hydrogens (tertiary/aromatic N) is 1. The Hall–Kier alpha value is -2.01. The van der Waals surface area contributed by atoms with Crippen LogP contribution in [-0.4, -0.2) is 24.2 Å². The van der Waals surface area contributed by atoms with E-state index in [1.807, 2.05) is 12.1 Å². The summed E-state index contributed by atoms with van der Waals surface area (Å²) in [5.41, 5.74) is 1.83. The lowest BCUT2D eigenvalue weighted by atomic mass is 10.3. The van der Waals surface area contributed by atoms with Gasteiger partial charge in [0.15, 0.2) is 11.5 Å². The van der Waals surface area contributed by atoms with Gasteiger partial charge in [-0.05, 0) is 18.6 Å². The summed E-state index contributed by atoms with van der Waals surface area (Å²) in [4.78, 5) is 10.5. The molecule has 104 valence electrons. The summed E-state index contributed by atoms with van der Waals surface area (Å²) in [6, 6.07) is 8.06. The third-order valence-electron chi connectivity index (χ3n) is 3.23. The van der Waals surface area contributed by atoms with Gasteiger partial charge in [-0.25, -0.2) is 4.98 Å². The Bertz CT molecular complexity index is 704. The summed E-state index contributed by atoms with van der Waals surface area (Å²) in [5.74, 6) is 2.29. The molecule has 4 nitrogen and oxygen atoms in total. The molecule has 0 aliphatic carbocycles. The Labute approximate surface area is 121 Å². The van der Waals surface area contributed by atoms with Gasteiger partial charge in [0, 0.05) is 17.0 Å². The summed E-state index contributed by atoms with van der Waals surface area (Å²) in [6.07, 6.45) is 1.05. The molecule has 0 spiro atoms. The Morgan fingerprint density at radius 3 is 2.55 bits per heavy atom. The van der Waals surface area contributed by atoms with Gasteiger partial charge in [0.25, 0.3) is 0 Å². The van der Waals surface area contributed by atoms with E-state index in [2.05, 4.69) is 29.0 Å².